The van der Waals surface area contributed by atoms with Gasteiger partial charge in [-0.15, -0.1) is 11.3 Å². The van der Waals surface area contributed by atoms with Gasteiger partial charge in [0.2, 0.25) is 5.91 Å². The summed E-state index contributed by atoms with van der Waals surface area (Å²) in [7, 11) is 0. The van der Waals surface area contributed by atoms with Crippen LogP contribution in [0.15, 0.2) is 36.4 Å². The van der Waals surface area contributed by atoms with Crippen LogP contribution in [0, 0.1) is 0 Å². The van der Waals surface area contributed by atoms with Crippen molar-refractivity contribution in [3.05, 3.63) is 51.7 Å². The molecule has 1 fully saturated rings. The molecule has 1 aromatic carbocycles. The Morgan fingerprint density at radius 2 is 2.04 bits per heavy atom. The molecule has 2 aromatic rings. The van der Waals surface area contributed by atoms with E-state index < -0.39 is 12.1 Å². The SMILES string of the molecule is CCC(O)c1ccc(N2C(=O)CC[C@@H]2COCc2ccc(C(=O)O)s2)cc1. The summed E-state index contributed by atoms with van der Waals surface area (Å²) in [6.45, 7) is 2.65. The number of amides is 1. The zero-order valence-electron chi connectivity index (χ0n) is 15.1. The van der Waals surface area contributed by atoms with Gasteiger partial charge in [-0.2, -0.15) is 0 Å². The monoisotopic (exact) mass is 389 g/mol. The van der Waals surface area contributed by atoms with E-state index in [4.69, 9.17) is 9.84 Å². The summed E-state index contributed by atoms with van der Waals surface area (Å²) in [5.41, 5.74) is 1.65. The van der Waals surface area contributed by atoms with Crippen molar-refractivity contribution >= 4 is 28.9 Å². The Morgan fingerprint density at radius 1 is 1.30 bits per heavy atom. The van der Waals surface area contributed by atoms with Crippen molar-refractivity contribution in [3.8, 4) is 0 Å². The molecule has 1 aliphatic heterocycles. The third-order valence-electron chi connectivity index (χ3n) is 4.69. The lowest BCUT2D eigenvalue weighted by atomic mass is 10.1. The number of thiophene rings is 1. The Bertz CT molecular complexity index is 801. The van der Waals surface area contributed by atoms with E-state index in [-0.39, 0.29) is 11.9 Å². The number of hydrogen-bond donors (Lipinski definition) is 2. The van der Waals surface area contributed by atoms with Crippen molar-refractivity contribution < 1.29 is 24.5 Å². The van der Waals surface area contributed by atoms with Gasteiger partial charge in [0.05, 0.1) is 25.4 Å². The van der Waals surface area contributed by atoms with Crippen LogP contribution in [0.4, 0.5) is 5.69 Å². The molecule has 0 spiro atoms. The molecule has 1 aromatic heterocycles. The molecule has 1 amide bonds. The van der Waals surface area contributed by atoms with E-state index in [0.717, 1.165) is 22.5 Å². The molecule has 0 bridgehead atoms. The van der Waals surface area contributed by atoms with Crippen molar-refractivity contribution in [2.24, 2.45) is 0 Å². The first-order chi connectivity index (χ1) is 13.0. The summed E-state index contributed by atoms with van der Waals surface area (Å²) in [6, 6.07) is 10.7. The van der Waals surface area contributed by atoms with E-state index in [0.29, 0.717) is 30.9 Å². The minimum atomic E-state index is -0.935. The van der Waals surface area contributed by atoms with Crippen LogP contribution in [0.2, 0.25) is 0 Å². The molecule has 6 nitrogen and oxygen atoms in total. The fourth-order valence-electron chi connectivity index (χ4n) is 3.21. The molecule has 27 heavy (non-hydrogen) atoms. The van der Waals surface area contributed by atoms with Crippen LogP contribution in [0.1, 0.15) is 52.4 Å². The van der Waals surface area contributed by atoms with Crippen LogP contribution in [0.5, 0.6) is 0 Å². The molecule has 0 saturated carbocycles. The molecular formula is C20H23NO5S. The maximum Gasteiger partial charge on any atom is 0.345 e. The predicted molar refractivity (Wildman–Crippen MR) is 103 cm³/mol. The lowest BCUT2D eigenvalue weighted by Gasteiger charge is -2.25. The van der Waals surface area contributed by atoms with E-state index in [2.05, 4.69) is 0 Å². The maximum absolute atomic E-state index is 12.3. The van der Waals surface area contributed by atoms with Crippen molar-refractivity contribution in [1.29, 1.82) is 0 Å². The van der Waals surface area contributed by atoms with Gasteiger partial charge in [-0.3, -0.25) is 4.79 Å². The molecule has 1 unspecified atom stereocenters. The van der Waals surface area contributed by atoms with Crippen LogP contribution < -0.4 is 4.90 Å². The van der Waals surface area contributed by atoms with Crippen LogP contribution in [0.25, 0.3) is 0 Å². The third-order valence-corrected chi connectivity index (χ3v) is 5.74. The molecule has 144 valence electrons. The predicted octanol–water partition coefficient (Wildman–Crippen LogP) is 3.60. The summed E-state index contributed by atoms with van der Waals surface area (Å²) < 4.78 is 5.76. The van der Waals surface area contributed by atoms with Gasteiger partial charge in [0.1, 0.15) is 4.88 Å². The van der Waals surface area contributed by atoms with Gasteiger partial charge in [0.25, 0.3) is 0 Å². The lowest BCUT2D eigenvalue weighted by molar-refractivity contribution is -0.117. The fraction of sp³-hybridized carbons (Fsp3) is 0.400. The molecule has 0 aliphatic carbocycles. The summed E-state index contributed by atoms with van der Waals surface area (Å²) in [5.74, 6) is -0.868. The number of anilines is 1. The number of carboxylic acids is 1. The quantitative estimate of drug-likeness (QED) is 0.720. The maximum atomic E-state index is 12.3. The molecule has 0 radical (unpaired) electrons. The zero-order chi connectivity index (χ0) is 19.4. The summed E-state index contributed by atoms with van der Waals surface area (Å²) >= 11 is 1.20. The van der Waals surface area contributed by atoms with Crippen molar-refractivity contribution in [2.75, 3.05) is 11.5 Å². The number of aromatic carboxylic acids is 1. The van der Waals surface area contributed by atoms with Gasteiger partial charge in [-0.25, -0.2) is 4.79 Å². The Labute approximate surface area is 162 Å². The second-order valence-corrected chi connectivity index (χ2v) is 7.73. The highest BCUT2D eigenvalue weighted by molar-refractivity contribution is 7.13. The van der Waals surface area contributed by atoms with Crippen molar-refractivity contribution in [1.82, 2.24) is 0 Å². The molecule has 2 heterocycles. The minimum absolute atomic E-state index is 0.0432. The van der Waals surface area contributed by atoms with Crippen LogP contribution in [-0.2, 0) is 16.1 Å². The average Bonchev–Trinajstić information content (AvgIpc) is 3.28. The normalized spacial score (nSPS) is 18.1. The van der Waals surface area contributed by atoms with E-state index >= 15 is 0 Å². The molecule has 2 atom stereocenters. The van der Waals surface area contributed by atoms with Crippen molar-refractivity contribution in [3.63, 3.8) is 0 Å². The molecule has 1 saturated heterocycles. The topological polar surface area (TPSA) is 87.1 Å². The number of ether oxygens (including phenoxy) is 1. The van der Waals surface area contributed by atoms with Gasteiger partial charge in [-0.1, -0.05) is 19.1 Å². The number of aliphatic hydroxyl groups excluding tert-OH is 1. The highest BCUT2D eigenvalue weighted by atomic mass is 32.1. The second-order valence-electron chi connectivity index (χ2n) is 6.56. The fourth-order valence-corrected chi connectivity index (χ4v) is 4.00. The first-order valence-electron chi connectivity index (χ1n) is 8.99. The summed E-state index contributed by atoms with van der Waals surface area (Å²) in [5, 5.41) is 18.9. The van der Waals surface area contributed by atoms with Gasteiger partial charge >= 0.3 is 5.97 Å². The van der Waals surface area contributed by atoms with E-state index in [1.54, 1.807) is 17.0 Å². The highest BCUT2D eigenvalue weighted by Crippen LogP contribution is 2.29. The van der Waals surface area contributed by atoms with Gasteiger partial charge < -0.3 is 19.8 Å². The van der Waals surface area contributed by atoms with Crippen LogP contribution >= 0.6 is 11.3 Å². The second kappa shape index (κ2) is 8.65. The average molecular weight is 389 g/mol. The first-order valence-corrected chi connectivity index (χ1v) is 9.81. The Balaban J connectivity index is 1.61. The molecule has 7 heteroatoms. The number of carbonyl (C=O) groups is 2. The van der Waals surface area contributed by atoms with E-state index in [1.165, 1.54) is 11.3 Å². The summed E-state index contributed by atoms with van der Waals surface area (Å²) in [4.78, 5) is 26.2. The van der Waals surface area contributed by atoms with Crippen molar-refractivity contribution in [2.45, 2.75) is 44.9 Å². The van der Waals surface area contributed by atoms with Crippen LogP contribution in [0.3, 0.4) is 0 Å². The van der Waals surface area contributed by atoms with Gasteiger partial charge in [0, 0.05) is 17.0 Å². The molecular weight excluding hydrogens is 366 g/mol. The number of aliphatic hydroxyl groups is 1. The molecule has 1 aliphatic rings. The minimum Gasteiger partial charge on any atom is -0.477 e. The number of benzene rings is 1. The molecule has 2 N–H and O–H groups in total. The van der Waals surface area contributed by atoms with Crippen LogP contribution in [-0.4, -0.2) is 34.7 Å². The number of nitrogens with zero attached hydrogens (tertiary/aromatic N) is 1. The third kappa shape index (κ3) is 4.55. The van der Waals surface area contributed by atoms with E-state index in [9.17, 15) is 14.7 Å². The van der Waals surface area contributed by atoms with Gasteiger partial charge in [-0.05, 0) is 42.7 Å². The Morgan fingerprint density at radius 3 is 2.67 bits per heavy atom. The Hall–Kier alpha value is -2.22. The zero-order valence-corrected chi connectivity index (χ0v) is 15.9. The standard InChI is InChI=1S/C20H23NO5S/c1-2-17(22)13-3-5-14(6-4-13)21-15(7-10-19(21)23)11-26-12-16-8-9-18(27-16)20(24)25/h3-6,8-9,15,17,22H,2,7,10-12H2,1H3,(H,24,25)/t15-,17?/m1/s1. The number of hydrogen-bond acceptors (Lipinski definition) is 5. The Kier molecular flexibility index (Phi) is 6.26. The molecule has 3 rings (SSSR count). The smallest absolute Gasteiger partial charge is 0.345 e. The highest BCUT2D eigenvalue weighted by Gasteiger charge is 2.32. The van der Waals surface area contributed by atoms with E-state index in [1.807, 2.05) is 31.2 Å². The lowest BCUT2D eigenvalue weighted by Crippen LogP contribution is -2.36. The number of carboxylic acid groups (broad SMARTS) is 1. The van der Waals surface area contributed by atoms with Gasteiger partial charge in [0.15, 0.2) is 0 Å². The summed E-state index contributed by atoms with van der Waals surface area (Å²) in [6.07, 6.45) is 1.36. The number of carbonyl (C=O) groups excluding carboxylic acids is 1. The number of rotatable bonds is 8. The first kappa shape index (κ1) is 19.5. The largest absolute Gasteiger partial charge is 0.477 e.